The van der Waals surface area contributed by atoms with Gasteiger partial charge in [-0.2, -0.15) is 10.2 Å². The number of aliphatic hydroxyl groups is 1. The van der Waals surface area contributed by atoms with Crippen LogP contribution in [-0.2, 0) is 0 Å². The average molecular weight is 558 g/mol. The molecule has 0 unspecified atom stereocenters. The van der Waals surface area contributed by atoms with E-state index in [0.29, 0.717) is 28.9 Å². The topological polar surface area (TPSA) is 82.1 Å². The minimum Gasteiger partial charge on any atom is -0.419 e. The highest BCUT2D eigenvalue weighted by atomic mass is 127. The zero-order valence-electron chi connectivity index (χ0n) is 12.1. The monoisotopic (exact) mass is 557 g/mol. The second-order valence-electron chi connectivity index (χ2n) is 4.77. The second kappa shape index (κ2) is 9.05. The lowest BCUT2D eigenvalue weighted by Crippen LogP contribution is -2.02. The molecule has 8 heteroatoms. The number of nitrogens with one attached hydrogen (secondary N) is 1. The summed E-state index contributed by atoms with van der Waals surface area (Å²) in [6.45, 7) is 0.848. The SMILES string of the molecule is N#Cc1nc(-c2cc(I)cc(I)c2Cl)oc1NCCCCCO. The number of unbranched alkanes of at least 4 members (excludes halogenated alkanes) is 2. The molecule has 2 aromatic rings. The van der Waals surface area contributed by atoms with Gasteiger partial charge in [-0.05, 0) is 76.6 Å². The van der Waals surface area contributed by atoms with E-state index in [1.54, 1.807) is 0 Å². The highest BCUT2D eigenvalue weighted by molar-refractivity contribution is 14.1. The van der Waals surface area contributed by atoms with Crippen LogP contribution < -0.4 is 5.32 Å². The van der Waals surface area contributed by atoms with Gasteiger partial charge < -0.3 is 14.8 Å². The number of rotatable bonds is 7. The van der Waals surface area contributed by atoms with Crippen molar-refractivity contribution in [3.8, 4) is 17.5 Å². The zero-order valence-corrected chi connectivity index (χ0v) is 17.1. The summed E-state index contributed by atoms with van der Waals surface area (Å²) in [7, 11) is 0. The minimum absolute atomic E-state index is 0.194. The van der Waals surface area contributed by atoms with E-state index in [1.165, 1.54) is 0 Å². The predicted molar refractivity (Wildman–Crippen MR) is 107 cm³/mol. The number of hydrogen-bond donors (Lipinski definition) is 2. The Morgan fingerprint density at radius 1 is 1.30 bits per heavy atom. The van der Waals surface area contributed by atoms with E-state index in [1.807, 2.05) is 18.2 Å². The van der Waals surface area contributed by atoms with Crippen LogP contribution in [-0.4, -0.2) is 23.2 Å². The van der Waals surface area contributed by atoms with Gasteiger partial charge in [0.2, 0.25) is 17.5 Å². The third-order valence-electron chi connectivity index (χ3n) is 3.08. The number of nitriles is 1. The fraction of sp³-hybridized carbons (Fsp3) is 0.333. The van der Waals surface area contributed by atoms with Crippen LogP contribution >= 0.6 is 56.8 Å². The van der Waals surface area contributed by atoms with Gasteiger partial charge >= 0.3 is 0 Å². The van der Waals surface area contributed by atoms with Gasteiger partial charge in [-0.15, -0.1) is 0 Å². The summed E-state index contributed by atoms with van der Waals surface area (Å²) in [5.41, 5.74) is 0.889. The van der Waals surface area contributed by atoms with E-state index in [-0.39, 0.29) is 12.3 Å². The van der Waals surface area contributed by atoms with Crippen molar-refractivity contribution in [2.24, 2.45) is 0 Å². The molecule has 2 N–H and O–H groups in total. The molecule has 0 atom stereocenters. The van der Waals surface area contributed by atoms with Crippen LogP contribution in [0.2, 0.25) is 5.02 Å². The van der Waals surface area contributed by atoms with Crippen LogP contribution in [0.25, 0.3) is 11.5 Å². The molecule has 0 amide bonds. The van der Waals surface area contributed by atoms with Crippen LogP contribution in [0, 0.1) is 18.5 Å². The quantitative estimate of drug-likeness (QED) is 0.294. The number of oxazole rings is 1. The third kappa shape index (κ3) is 4.95. The van der Waals surface area contributed by atoms with E-state index >= 15 is 0 Å². The Bertz CT molecular complexity index is 728. The first-order valence-corrected chi connectivity index (χ1v) is 9.51. The van der Waals surface area contributed by atoms with E-state index in [4.69, 9.17) is 21.1 Å². The largest absolute Gasteiger partial charge is 0.419 e. The molecule has 0 aliphatic heterocycles. The molecule has 0 saturated carbocycles. The standard InChI is InChI=1S/C15H14ClI2N3O2/c16-13-10(6-9(17)7-11(13)18)14-21-12(8-19)15(23-14)20-4-2-1-3-5-22/h6-7,20,22H,1-5H2. The molecule has 0 aliphatic carbocycles. The first-order chi connectivity index (χ1) is 11.1. The molecule has 0 bridgehead atoms. The van der Waals surface area contributed by atoms with Gasteiger partial charge in [0.15, 0.2) is 0 Å². The van der Waals surface area contributed by atoms with Crippen molar-refractivity contribution in [3.05, 3.63) is 30.0 Å². The molecule has 5 nitrogen and oxygen atoms in total. The number of aliphatic hydroxyl groups excluding tert-OH is 1. The van der Waals surface area contributed by atoms with Crippen molar-refractivity contribution in [1.82, 2.24) is 4.98 Å². The lowest BCUT2D eigenvalue weighted by molar-refractivity contribution is 0.283. The van der Waals surface area contributed by atoms with Gasteiger partial charge in [-0.3, -0.25) is 0 Å². The summed E-state index contributed by atoms with van der Waals surface area (Å²) in [4.78, 5) is 4.24. The molecule has 1 aromatic heterocycles. The molecule has 0 radical (unpaired) electrons. The van der Waals surface area contributed by atoms with E-state index in [9.17, 15) is 5.26 Å². The molecule has 0 fully saturated rings. The van der Waals surface area contributed by atoms with E-state index in [2.05, 4.69) is 55.5 Å². The van der Waals surface area contributed by atoms with E-state index < -0.39 is 0 Å². The lowest BCUT2D eigenvalue weighted by Gasteiger charge is -2.04. The van der Waals surface area contributed by atoms with Gasteiger partial charge in [0.25, 0.3) is 0 Å². The highest BCUT2D eigenvalue weighted by Crippen LogP contribution is 2.35. The minimum atomic E-state index is 0.194. The van der Waals surface area contributed by atoms with Crippen LogP contribution in [0.1, 0.15) is 25.0 Å². The van der Waals surface area contributed by atoms with Crippen LogP contribution in [0.4, 0.5) is 5.88 Å². The van der Waals surface area contributed by atoms with Gasteiger partial charge in [0.05, 0.1) is 10.6 Å². The summed E-state index contributed by atoms with van der Waals surface area (Å²) in [5.74, 6) is 0.692. The molecule has 1 aromatic carbocycles. The lowest BCUT2D eigenvalue weighted by atomic mass is 10.2. The molecule has 0 aliphatic rings. The van der Waals surface area contributed by atoms with Crippen LogP contribution in [0.3, 0.4) is 0 Å². The number of anilines is 1. The van der Waals surface area contributed by atoms with Crippen molar-refractivity contribution >= 4 is 62.7 Å². The molecular formula is C15H14ClI2N3O2. The van der Waals surface area contributed by atoms with Gasteiger partial charge in [0, 0.05) is 20.3 Å². The Kier molecular flexibility index (Phi) is 7.39. The maximum absolute atomic E-state index is 9.22. The molecule has 2 rings (SSSR count). The molecule has 122 valence electrons. The van der Waals surface area contributed by atoms with Crippen LogP contribution in [0.15, 0.2) is 16.5 Å². The molecule has 1 heterocycles. The van der Waals surface area contributed by atoms with Gasteiger partial charge in [0.1, 0.15) is 6.07 Å². The highest BCUT2D eigenvalue weighted by Gasteiger charge is 2.18. The second-order valence-corrected chi connectivity index (χ2v) is 7.55. The van der Waals surface area contributed by atoms with Gasteiger partial charge in [-0.1, -0.05) is 11.6 Å². The molecule has 0 spiro atoms. The molecule has 23 heavy (non-hydrogen) atoms. The predicted octanol–water partition coefficient (Wildman–Crippen LogP) is 4.65. The summed E-state index contributed by atoms with van der Waals surface area (Å²) < 4.78 is 7.62. The number of halogens is 3. The Balaban J connectivity index is 2.21. The van der Waals surface area contributed by atoms with Crippen molar-refractivity contribution in [2.45, 2.75) is 19.3 Å². The third-order valence-corrected chi connectivity index (χ3v) is 5.28. The van der Waals surface area contributed by atoms with Crippen molar-refractivity contribution < 1.29 is 9.52 Å². The van der Waals surface area contributed by atoms with Crippen molar-refractivity contribution in [1.29, 1.82) is 5.26 Å². The summed E-state index contributed by atoms with van der Waals surface area (Å²) in [6, 6.07) is 5.87. The zero-order chi connectivity index (χ0) is 16.8. The van der Waals surface area contributed by atoms with Crippen LogP contribution in [0.5, 0.6) is 0 Å². The molecule has 0 saturated heterocycles. The Morgan fingerprint density at radius 3 is 2.78 bits per heavy atom. The normalized spacial score (nSPS) is 10.6. The summed E-state index contributed by atoms with van der Waals surface area (Å²) in [5, 5.41) is 21.6. The van der Waals surface area contributed by atoms with Crippen molar-refractivity contribution in [2.75, 3.05) is 18.5 Å². The average Bonchev–Trinajstić information content (AvgIpc) is 2.93. The van der Waals surface area contributed by atoms with E-state index in [0.717, 1.165) is 26.4 Å². The maximum Gasteiger partial charge on any atom is 0.232 e. The summed E-state index contributed by atoms with van der Waals surface area (Å²) >= 11 is 10.7. The number of hydrogen-bond acceptors (Lipinski definition) is 5. The molecular weight excluding hydrogens is 543 g/mol. The summed E-state index contributed by atoms with van der Waals surface area (Å²) in [6.07, 6.45) is 2.56. The maximum atomic E-state index is 9.22. The fourth-order valence-corrected chi connectivity index (χ4v) is 3.99. The Labute approximate surface area is 166 Å². The number of benzene rings is 1. The van der Waals surface area contributed by atoms with Gasteiger partial charge in [-0.25, -0.2) is 0 Å². The Morgan fingerprint density at radius 2 is 2.09 bits per heavy atom. The Hall–Kier alpha value is -0.570. The van der Waals surface area contributed by atoms with Crippen molar-refractivity contribution in [3.63, 3.8) is 0 Å². The fourth-order valence-electron chi connectivity index (χ4n) is 1.96. The first-order valence-electron chi connectivity index (χ1n) is 6.97. The first kappa shape index (κ1) is 18.8. The number of aromatic nitrogens is 1. The number of nitrogens with zero attached hydrogens (tertiary/aromatic N) is 2. The smallest absolute Gasteiger partial charge is 0.232 e.